The molecular formula is C10H12NTe+. The molecule has 0 amide bonds. The molecule has 12 heavy (non-hydrogen) atoms. The molecule has 2 heteroatoms. The molecule has 0 unspecified atom stereocenters. The Hall–Kier alpha value is -0.320. The summed E-state index contributed by atoms with van der Waals surface area (Å²) in [5, 5.41) is 1.49. The third-order valence-corrected chi connectivity index (χ3v) is 5.37. The summed E-state index contributed by atoms with van der Waals surface area (Å²) in [5.41, 5.74) is 2.83. The molecule has 1 aromatic carbocycles. The molecule has 0 bridgehead atoms. The van der Waals surface area contributed by atoms with E-state index in [9.17, 15) is 0 Å². The van der Waals surface area contributed by atoms with Crippen LogP contribution in [-0.4, -0.2) is 20.7 Å². The van der Waals surface area contributed by atoms with Crippen LogP contribution in [0.4, 0.5) is 0 Å². The second-order valence-electron chi connectivity index (χ2n) is 3.17. The fourth-order valence-electron chi connectivity index (χ4n) is 1.39. The summed E-state index contributed by atoms with van der Waals surface area (Å²) in [6.07, 6.45) is 0. The molecule has 0 N–H and O–H groups in total. The van der Waals surface area contributed by atoms with Gasteiger partial charge < -0.3 is 0 Å². The van der Waals surface area contributed by atoms with Crippen molar-refractivity contribution >= 4 is 29.5 Å². The summed E-state index contributed by atoms with van der Waals surface area (Å²) in [4.78, 5) is 0. The van der Waals surface area contributed by atoms with E-state index in [1.807, 2.05) is 0 Å². The first-order valence-electron chi connectivity index (χ1n) is 4.05. The van der Waals surface area contributed by atoms with Gasteiger partial charge in [0.15, 0.2) is 0 Å². The summed E-state index contributed by atoms with van der Waals surface area (Å²) in [7, 11) is 2.20. The molecule has 0 aliphatic rings. The average Bonchev–Trinajstić information content (AvgIpc) is 2.31. The SMILES string of the molecule is Cc1ccc2[te][n+](C)c(C)c2c1. The van der Waals surface area contributed by atoms with Crippen molar-refractivity contribution in [2.75, 3.05) is 0 Å². The van der Waals surface area contributed by atoms with E-state index in [1.54, 1.807) is 3.40 Å². The van der Waals surface area contributed by atoms with Gasteiger partial charge in [-0.2, -0.15) is 0 Å². The molecule has 0 aliphatic heterocycles. The second-order valence-corrected chi connectivity index (χ2v) is 6.51. The molecular weight excluding hydrogens is 262 g/mol. The molecule has 0 saturated heterocycles. The number of rotatable bonds is 0. The average molecular weight is 274 g/mol. The van der Waals surface area contributed by atoms with Crippen LogP contribution in [0.15, 0.2) is 18.2 Å². The summed E-state index contributed by atoms with van der Waals surface area (Å²) in [6.45, 7) is 4.38. The maximum absolute atomic E-state index is 2.43. The molecule has 0 fully saturated rings. The van der Waals surface area contributed by atoms with Crippen molar-refractivity contribution in [2.45, 2.75) is 13.8 Å². The Kier molecular flexibility index (Phi) is 1.98. The van der Waals surface area contributed by atoms with Crippen LogP contribution in [0.3, 0.4) is 0 Å². The van der Waals surface area contributed by atoms with E-state index < -0.39 is 0 Å². The molecule has 0 atom stereocenters. The van der Waals surface area contributed by atoms with E-state index in [2.05, 4.69) is 41.9 Å². The summed E-state index contributed by atoms with van der Waals surface area (Å²) < 4.78 is 4.01. The van der Waals surface area contributed by atoms with Crippen LogP contribution < -0.4 is 2.79 Å². The van der Waals surface area contributed by atoms with Gasteiger partial charge in [-0.05, 0) is 0 Å². The predicted octanol–water partition coefficient (Wildman–Crippen LogP) is 1.34. The van der Waals surface area contributed by atoms with Crippen molar-refractivity contribution < 1.29 is 2.79 Å². The van der Waals surface area contributed by atoms with Gasteiger partial charge in [0.05, 0.1) is 0 Å². The molecule has 0 spiro atoms. The summed E-state index contributed by atoms with van der Waals surface area (Å²) in [5.74, 6) is 0. The van der Waals surface area contributed by atoms with Gasteiger partial charge in [-0.3, -0.25) is 0 Å². The molecule has 1 nitrogen and oxygen atoms in total. The Morgan fingerprint density at radius 3 is 2.75 bits per heavy atom. The molecule has 0 radical (unpaired) electrons. The topological polar surface area (TPSA) is 3.88 Å². The second kappa shape index (κ2) is 2.87. The number of hydrogen-bond acceptors (Lipinski definition) is 0. The van der Waals surface area contributed by atoms with Crippen LogP contribution in [0.5, 0.6) is 0 Å². The fraction of sp³-hybridized carbons (Fsp3) is 0.300. The van der Waals surface area contributed by atoms with Crippen LogP contribution in [0.1, 0.15) is 11.3 Å². The number of aryl methyl sites for hydroxylation is 3. The summed E-state index contributed by atoms with van der Waals surface area (Å²) >= 11 is -0.0730. The van der Waals surface area contributed by atoms with Gasteiger partial charge in [-0.25, -0.2) is 0 Å². The molecule has 1 heterocycles. The Balaban J connectivity index is 2.88. The Morgan fingerprint density at radius 1 is 1.25 bits per heavy atom. The van der Waals surface area contributed by atoms with Crippen molar-refractivity contribution in [2.24, 2.45) is 7.05 Å². The number of fused-ring (bicyclic) bond motifs is 1. The monoisotopic (exact) mass is 276 g/mol. The maximum atomic E-state index is 2.43. The first-order chi connectivity index (χ1) is 5.68. The van der Waals surface area contributed by atoms with E-state index in [4.69, 9.17) is 0 Å². The van der Waals surface area contributed by atoms with Gasteiger partial charge in [0, 0.05) is 0 Å². The Labute approximate surface area is 82.6 Å². The summed E-state index contributed by atoms with van der Waals surface area (Å²) in [6, 6.07) is 6.81. The van der Waals surface area contributed by atoms with Gasteiger partial charge >= 0.3 is 82.6 Å². The van der Waals surface area contributed by atoms with Gasteiger partial charge in [0.1, 0.15) is 0 Å². The predicted molar refractivity (Wildman–Crippen MR) is 51.5 cm³/mol. The molecule has 0 saturated carbocycles. The quantitative estimate of drug-likeness (QED) is 0.638. The Morgan fingerprint density at radius 2 is 2.00 bits per heavy atom. The van der Waals surface area contributed by atoms with E-state index in [0.29, 0.717) is 0 Å². The van der Waals surface area contributed by atoms with Gasteiger partial charge in [0.2, 0.25) is 0 Å². The number of nitrogens with zero attached hydrogens (tertiary/aromatic N) is 1. The number of benzene rings is 1. The van der Waals surface area contributed by atoms with Crippen molar-refractivity contribution in [3.05, 3.63) is 29.5 Å². The van der Waals surface area contributed by atoms with Crippen LogP contribution in [-0.2, 0) is 7.05 Å². The zero-order chi connectivity index (χ0) is 8.72. The standard InChI is InChI=1S/C10H12NTe/c1-7-4-5-10-9(6-7)8(2)11(3)12-10/h4-6H,1-3H3/q+1. The first kappa shape index (κ1) is 8.29. The van der Waals surface area contributed by atoms with Crippen molar-refractivity contribution in [1.29, 1.82) is 0 Å². The van der Waals surface area contributed by atoms with Crippen LogP contribution in [0.2, 0.25) is 0 Å². The molecule has 2 rings (SSSR count). The first-order valence-corrected chi connectivity index (χ1v) is 6.25. The minimum absolute atomic E-state index is 0.0730. The van der Waals surface area contributed by atoms with E-state index in [0.717, 1.165) is 0 Å². The van der Waals surface area contributed by atoms with Gasteiger partial charge in [0.25, 0.3) is 0 Å². The van der Waals surface area contributed by atoms with Crippen LogP contribution in [0.25, 0.3) is 8.79 Å². The zero-order valence-electron chi connectivity index (χ0n) is 7.59. The van der Waals surface area contributed by atoms with Gasteiger partial charge in [-0.1, -0.05) is 0 Å². The minimum atomic E-state index is -0.0730. The molecule has 2 aromatic rings. The van der Waals surface area contributed by atoms with Crippen LogP contribution in [0, 0.1) is 13.8 Å². The van der Waals surface area contributed by atoms with E-state index in [-0.39, 0.29) is 20.7 Å². The normalized spacial score (nSPS) is 10.9. The van der Waals surface area contributed by atoms with E-state index >= 15 is 0 Å². The van der Waals surface area contributed by atoms with Crippen molar-refractivity contribution in [3.63, 3.8) is 0 Å². The van der Waals surface area contributed by atoms with Gasteiger partial charge in [-0.15, -0.1) is 0 Å². The zero-order valence-corrected chi connectivity index (χ0v) is 9.92. The molecule has 1 aromatic heterocycles. The number of aromatic nitrogens is 1. The molecule has 62 valence electrons. The van der Waals surface area contributed by atoms with Crippen LogP contribution >= 0.6 is 0 Å². The molecule has 0 aliphatic carbocycles. The Bertz CT molecular complexity index is 429. The fourth-order valence-corrected chi connectivity index (χ4v) is 4.14. The third kappa shape index (κ3) is 1.20. The number of hydrogen-bond donors (Lipinski definition) is 0. The van der Waals surface area contributed by atoms with E-state index in [1.165, 1.54) is 16.6 Å². The van der Waals surface area contributed by atoms with Crippen molar-refractivity contribution in [3.8, 4) is 0 Å². The third-order valence-electron chi connectivity index (χ3n) is 2.23. The van der Waals surface area contributed by atoms with Crippen molar-refractivity contribution in [1.82, 2.24) is 0 Å².